The van der Waals surface area contributed by atoms with E-state index in [0.29, 0.717) is 26.1 Å². The number of nitrogens with two attached hydrogens (primary N) is 1. The van der Waals surface area contributed by atoms with E-state index < -0.39 is 18.3 Å². The highest BCUT2D eigenvalue weighted by atomic mass is 35.5. The monoisotopic (exact) mass is 339 g/mol. The zero-order chi connectivity index (χ0) is 14.0. The molecule has 1 rings (SSSR count). The first-order valence-electron chi connectivity index (χ1n) is 5.97. The van der Waals surface area contributed by atoms with Crippen LogP contribution in [-0.2, 0) is 4.79 Å². The standard InChI is InChI=1S/C11H20F3N3O.2ClH/c1-10(2,15)9(18)17-5-3-4-16(6-7-17)8-11(12,13)14;;/h3-8,15H2,1-2H3;2*1H. The summed E-state index contributed by atoms with van der Waals surface area (Å²) in [6.45, 7) is 3.65. The van der Waals surface area contributed by atoms with Crippen molar-refractivity contribution >= 4 is 30.7 Å². The van der Waals surface area contributed by atoms with Crippen molar-refractivity contribution in [2.45, 2.75) is 32.0 Å². The number of amides is 1. The average molecular weight is 340 g/mol. The van der Waals surface area contributed by atoms with Crippen molar-refractivity contribution in [3.05, 3.63) is 0 Å². The molecule has 9 heteroatoms. The van der Waals surface area contributed by atoms with Crippen LogP contribution in [0.4, 0.5) is 13.2 Å². The normalized spacial score (nSPS) is 17.8. The molecule has 1 fully saturated rings. The fourth-order valence-electron chi connectivity index (χ4n) is 1.99. The van der Waals surface area contributed by atoms with Crippen molar-refractivity contribution in [3.8, 4) is 0 Å². The predicted octanol–water partition coefficient (Wildman–Crippen LogP) is 1.66. The number of carbonyl (C=O) groups excluding carboxylic acids is 1. The van der Waals surface area contributed by atoms with Gasteiger partial charge in [-0.05, 0) is 20.3 Å². The van der Waals surface area contributed by atoms with Gasteiger partial charge in [-0.1, -0.05) is 0 Å². The maximum Gasteiger partial charge on any atom is 0.401 e. The number of rotatable bonds is 2. The van der Waals surface area contributed by atoms with E-state index in [4.69, 9.17) is 5.73 Å². The molecule has 0 bridgehead atoms. The Morgan fingerprint density at radius 2 is 1.65 bits per heavy atom. The van der Waals surface area contributed by atoms with E-state index in [2.05, 4.69) is 0 Å². The van der Waals surface area contributed by atoms with Crippen molar-refractivity contribution < 1.29 is 18.0 Å². The van der Waals surface area contributed by atoms with Crippen LogP contribution >= 0.6 is 24.8 Å². The van der Waals surface area contributed by atoms with Gasteiger partial charge in [-0.2, -0.15) is 13.2 Å². The molecule has 20 heavy (non-hydrogen) atoms. The quantitative estimate of drug-likeness (QED) is 0.832. The molecular weight excluding hydrogens is 318 g/mol. The van der Waals surface area contributed by atoms with Crippen molar-refractivity contribution in [2.24, 2.45) is 5.73 Å². The van der Waals surface area contributed by atoms with Crippen LogP contribution in [-0.4, -0.2) is 60.1 Å². The first kappa shape index (κ1) is 22.0. The van der Waals surface area contributed by atoms with Crippen LogP contribution in [0.2, 0.25) is 0 Å². The van der Waals surface area contributed by atoms with Gasteiger partial charge in [-0.25, -0.2) is 0 Å². The van der Waals surface area contributed by atoms with Gasteiger partial charge in [-0.3, -0.25) is 9.69 Å². The highest BCUT2D eigenvalue weighted by Gasteiger charge is 2.33. The number of hydrogen-bond acceptors (Lipinski definition) is 3. The Bertz CT molecular complexity index is 308. The van der Waals surface area contributed by atoms with Gasteiger partial charge in [0.2, 0.25) is 5.91 Å². The molecule has 0 aromatic carbocycles. The summed E-state index contributed by atoms with van der Waals surface area (Å²) in [6, 6.07) is 0. The molecule has 4 nitrogen and oxygen atoms in total. The Balaban J connectivity index is 0. The molecule has 0 spiro atoms. The fraction of sp³-hybridized carbons (Fsp3) is 0.909. The maximum absolute atomic E-state index is 12.3. The van der Waals surface area contributed by atoms with Gasteiger partial charge >= 0.3 is 6.18 Å². The van der Waals surface area contributed by atoms with E-state index in [1.54, 1.807) is 18.7 Å². The van der Waals surface area contributed by atoms with Crippen molar-refractivity contribution in [2.75, 3.05) is 32.7 Å². The van der Waals surface area contributed by atoms with Crippen molar-refractivity contribution in [1.29, 1.82) is 0 Å². The Labute approximate surface area is 129 Å². The summed E-state index contributed by atoms with van der Waals surface area (Å²) in [4.78, 5) is 14.8. The van der Waals surface area contributed by atoms with E-state index >= 15 is 0 Å². The van der Waals surface area contributed by atoms with Crippen LogP contribution in [0.5, 0.6) is 0 Å². The van der Waals surface area contributed by atoms with E-state index in [9.17, 15) is 18.0 Å². The third-order valence-electron chi connectivity index (χ3n) is 2.83. The highest BCUT2D eigenvalue weighted by Crippen LogP contribution is 2.18. The lowest BCUT2D eigenvalue weighted by atomic mass is 10.1. The minimum atomic E-state index is -4.19. The molecule has 0 aromatic heterocycles. The molecule has 0 atom stereocenters. The smallest absolute Gasteiger partial charge is 0.340 e. The molecule has 0 saturated carbocycles. The summed E-state index contributed by atoms with van der Waals surface area (Å²) in [5.41, 5.74) is 4.74. The zero-order valence-corrected chi connectivity index (χ0v) is 13.2. The highest BCUT2D eigenvalue weighted by molar-refractivity contribution is 5.86. The Morgan fingerprint density at radius 3 is 2.10 bits per heavy atom. The molecular formula is C11H22Cl2F3N3O. The van der Waals surface area contributed by atoms with Gasteiger partial charge in [-0.15, -0.1) is 24.8 Å². The third kappa shape index (κ3) is 7.52. The second-order valence-corrected chi connectivity index (χ2v) is 5.26. The van der Waals surface area contributed by atoms with Gasteiger partial charge in [0.25, 0.3) is 0 Å². The van der Waals surface area contributed by atoms with E-state index in [-0.39, 0.29) is 37.3 Å². The topological polar surface area (TPSA) is 49.6 Å². The van der Waals surface area contributed by atoms with Gasteiger partial charge in [0.15, 0.2) is 0 Å². The molecule has 0 unspecified atom stereocenters. The molecule has 1 aliphatic rings. The lowest BCUT2D eigenvalue weighted by molar-refractivity contribution is -0.145. The van der Waals surface area contributed by atoms with Gasteiger partial charge < -0.3 is 10.6 Å². The van der Waals surface area contributed by atoms with Crippen molar-refractivity contribution in [1.82, 2.24) is 9.80 Å². The molecule has 2 N–H and O–H groups in total. The molecule has 1 saturated heterocycles. The summed E-state index contributed by atoms with van der Waals surface area (Å²) in [7, 11) is 0. The number of hydrogen-bond donors (Lipinski definition) is 1. The summed E-state index contributed by atoms with van der Waals surface area (Å²) in [6.07, 6.45) is -3.65. The summed E-state index contributed by atoms with van der Waals surface area (Å²) in [5, 5.41) is 0. The largest absolute Gasteiger partial charge is 0.401 e. The Hall–Kier alpha value is -0.240. The molecule has 1 heterocycles. The second-order valence-electron chi connectivity index (χ2n) is 5.26. The summed E-state index contributed by atoms with van der Waals surface area (Å²) in [5.74, 6) is -0.212. The summed E-state index contributed by atoms with van der Waals surface area (Å²) < 4.78 is 36.8. The predicted molar refractivity (Wildman–Crippen MR) is 76.5 cm³/mol. The lowest BCUT2D eigenvalue weighted by Crippen LogP contribution is -2.52. The molecule has 1 amide bonds. The maximum atomic E-state index is 12.3. The Kier molecular flexibility index (Phi) is 9.11. The van der Waals surface area contributed by atoms with Crippen LogP contribution in [0.25, 0.3) is 0 Å². The van der Waals surface area contributed by atoms with Crippen LogP contribution in [0.15, 0.2) is 0 Å². The zero-order valence-electron chi connectivity index (χ0n) is 11.6. The molecule has 0 aliphatic carbocycles. The van der Waals surface area contributed by atoms with Crippen LogP contribution < -0.4 is 5.73 Å². The van der Waals surface area contributed by atoms with Gasteiger partial charge in [0, 0.05) is 26.2 Å². The van der Waals surface area contributed by atoms with Gasteiger partial charge in [0.05, 0.1) is 12.1 Å². The Morgan fingerprint density at radius 1 is 1.10 bits per heavy atom. The van der Waals surface area contributed by atoms with Crippen LogP contribution in [0.1, 0.15) is 20.3 Å². The van der Waals surface area contributed by atoms with Gasteiger partial charge in [0.1, 0.15) is 0 Å². The number of carbonyl (C=O) groups is 1. The summed E-state index contributed by atoms with van der Waals surface area (Å²) >= 11 is 0. The van der Waals surface area contributed by atoms with E-state index in [0.717, 1.165) is 0 Å². The fourth-order valence-corrected chi connectivity index (χ4v) is 1.99. The second kappa shape index (κ2) is 8.26. The molecule has 0 aromatic rings. The third-order valence-corrected chi connectivity index (χ3v) is 2.83. The van der Waals surface area contributed by atoms with E-state index in [1.807, 2.05) is 0 Å². The number of halogens is 5. The SMILES string of the molecule is CC(C)(N)C(=O)N1CCCN(CC(F)(F)F)CC1.Cl.Cl. The number of nitrogens with zero attached hydrogens (tertiary/aromatic N) is 2. The minimum absolute atomic E-state index is 0. The average Bonchev–Trinajstić information content (AvgIpc) is 2.38. The lowest BCUT2D eigenvalue weighted by Gasteiger charge is -2.28. The van der Waals surface area contributed by atoms with E-state index in [1.165, 1.54) is 4.90 Å². The van der Waals surface area contributed by atoms with Crippen LogP contribution in [0.3, 0.4) is 0 Å². The molecule has 122 valence electrons. The van der Waals surface area contributed by atoms with Crippen LogP contribution in [0, 0.1) is 0 Å². The van der Waals surface area contributed by atoms with Crippen molar-refractivity contribution in [3.63, 3.8) is 0 Å². The number of alkyl halides is 3. The first-order valence-corrected chi connectivity index (χ1v) is 5.97. The molecule has 1 aliphatic heterocycles. The first-order chi connectivity index (χ1) is 8.09. The minimum Gasteiger partial charge on any atom is -0.340 e. The molecule has 0 radical (unpaired) electrons.